The Morgan fingerprint density at radius 2 is 1.47 bits per heavy atom. The number of benzene rings is 1. The van der Waals surface area contributed by atoms with Gasteiger partial charge in [-0.25, -0.2) is 24.3 Å². The predicted molar refractivity (Wildman–Crippen MR) is 79.4 cm³/mol. The van der Waals surface area contributed by atoms with Crippen molar-refractivity contribution in [2.75, 3.05) is 0 Å². The van der Waals surface area contributed by atoms with Crippen molar-refractivity contribution < 1.29 is 17.1 Å². The van der Waals surface area contributed by atoms with E-state index in [2.05, 4.69) is 55.5 Å². The Kier molecular flexibility index (Phi) is 7.35. The molecule has 0 aliphatic carbocycles. The van der Waals surface area contributed by atoms with Crippen LogP contribution in [0.25, 0.3) is 0 Å². The van der Waals surface area contributed by atoms with Crippen LogP contribution in [0.15, 0.2) is 88.7 Å². The topological polar surface area (TPSA) is 0 Å². The van der Waals surface area contributed by atoms with E-state index in [1.807, 2.05) is 30.3 Å². The molecule has 0 spiro atoms. The molecule has 3 aromatic carbocycles. The van der Waals surface area contributed by atoms with Gasteiger partial charge < -0.3 is 0 Å². The molecular weight excluding hydrogens is 292 g/mol. The van der Waals surface area contributed by atoms with E-state index in [9.17, 15) is 0 Å². The molecule has 0 atom stereocenters. The van der Waals surface area contributed by atoms with E-state index in [1.165, 1.54) is 15.4 Å². The Bertz CT molecular complexity index is 504. The molecule has 0 radical (unpaired) electrons. The van der Waals surface area contributed by atoms with Gasteiger partial charge in [0, 0.05) is 0 Å². The van der Waals surface area contributed by atoms with Crippen LogP contribution >= 0.6 is 11.8 Å². The second kappa shape index (κ2) is 8.82. The first kappa shape index (κ1) is 15.8. The quantitative estimate of drug-likeness (QED) is 0.459. The van der Waals surface area contributed by atoms with E-state index in [0.29, 0.717) is 0 Å². The van der Waals surface area contributed by atoms with Crippen LogP contribution in [0.1, 0.15) is 5.56 Å². The molecule has 0 nitrogen and oxygen atoms in total. The van der Waals surface area contributed by atoms with Crippen molar-refractivity contribution in [2.24, 2.45) is 0 Å². The minimum absolute atomic E-state index is 0. The summed E-state index contributed by atoms with van der Waals surface area (Å²) in [5, 5.41) is 0. The average Bonchev–Trinajstić information content (AvgIpc) is 3.07. The zero-order valence-corrected chi connectivity index (χ0v) is 12.7. The fourth-order valence-electron chi connectivity index (χ4n) is 1.49. The molecule has 0 saturated carbocycles. The Hall–Kier alpha value is -1.21. The van der Waals surface area contributed by atoms with Crippen LogP contribution in [0.3, 0.4) is 0 Å². The molecule has 0 heterocycles. The van der Waals surface area contributed by atoms with Crippen molar-refractivity contribution in [2.45, 2.75) is 16.7 Å². The number of rotatable bonds is 2. The third kappa shape index (κ3) is 5.98. The fourth-order valence-corrected chi connectivity index (χ4v) is 2.33. The van der Waals surface area contributed by atoms with Gasteiger partial charge in [-0.3, -0.25) is 0 Å². The van der Waals surface area contributed by atoms with E-state index >= 15 is 0 Å². The molecule has 0 saturated heterocycles. The molecule has 2 heteroatoms. The van der Waals surface area contributed by atoms with E-state index in [1.54, 1.807) is 11.8 Å². The Morgan fingerprint density at radius 3 is 1.95 bits per heavy atom. The summed E-state index contributed by atoms with van der Waals surface area (Å²) in [5.74, 6) is 0. The Labute approximate surface area is 130 Å². The molecule has 0 aliphatic heterocycles. The summed E-state index contributed by atoms with van der Waals surface area (Å²) in [5.41, 5.74) is 1.31. The summed E-state index contributed by atoms with van der Waals surface area (Å²) in [6.45, 7) is 2.11. The summed E-state index contributed by atoms with van der Waals surface area (Å²) >= 11 is 1.80. The van der Waals surface area contributed by atoms with Crippen molar-refractivity contribution >= 4 is 11.8 Å². The first-order valence-electron chi connectivity index (χ1n) is 5.97. The van der Waals surface area contributed by atoms with Crippen LogP contribution < -0.4 is 0 Å². The standard InChI is InChI=1S/C12H11S.C5H5.Fe/c1-10-6-8-12(9-7-10)13-11-4-2-3-5-11;1-2-4-5-3-1;/h2-9H,1H3;1-5H;/q2*-1;+2. The molecule has 0 fully saturated rings. The molecule has 3 aromatic rings. The molecule has 0 aromatic heterocycles. The summed E-state index contributed by atoms with van der Waals surface area (Å²) in [6, 6.07) is 27.0. The maximum Gasteiger partial charge on any atom is 2.00 e. The van der Waals surface area contributed by atoms with Crippen LogP contribution in [0.2, 0.25) is 0 Å². The summed E-state index contributed by atoms with van der Waals surface area (Å²) in [6.07, 6.45) is 0. The van der Waals surface area contributed by atoms with Crippen molar-refractivity contribution in [3.05, 3.63) is 84.4 Å². The van der Waals surface area contributed by atoms with E-state index in [4.69, 9.17) is 0 Å². The monoisotopic (exact) mass is 308 g/mol. The third-order valence-corrected chi connectivity index (χ3v) is 3.46. The molecule has 98 valence electrons. The van der Waals surface area contributed by atoms with E-state index in [0.717, 1.165) is 0 Å². The second-order valence-electron chi connectivity index (χ2n) is 4.00. The normalized spacial score (nSPS) is 9.11. The van der Waals surface area contributed by atoms with Crippen LogP contribution in [-0.2, 0) is 17.1 Å². The summed E-state index contributed by atoms with van der Waals surface area (Å²) < 4.78 is 0. The molecule has 19 heavy (non-hydrogen) atoms. The third-order valence-electron chi connectivity index (χ3n) is 2.44. The van der Waals surface area contributed by atoms with E-state index in [-0.39, 0.29) is 17.1 Å². The molecule has 0 aliphatic rings. The zero-order valence-electron chi connectivity index (χ0n) is 10.8. The first-order valence-corrected chi connectivity index (χ1v) is 6.79. The van der Waals surface area contributed by atoms with E-state index < -0.39 is 0 Å². The van der Waals surface area contributed by atoms with Gasteiger partial charge in [-0.2, -0.15) is 42.1 Å². The van der Waals surface area contributed by atoms with Gasteiger partial charge >= 0.3 is 17.1 Å². The number of aryl methyl sites for hydroxylation is 1. The maximum absolute atomic E-state index is 2.16. The molecule has 0 N–H and O–H groups in total. The minimum atomic E-state index is 0. The smallest absolute Gasteiger partial charge is 0.214 e. The van der Waals surface area contributed by atoms with Crippen LogP contribution in [0.5, 0.6) is 0 Å². The summed E-state index contributed by atoms with van der Waals surface area (Å²) in [4.78, 5) is 2.61. The largest absolute Gasteiger partial charge is 2.00 e. The van der Waals surface area contributed by atoms with Gasteiger partial charge in [0.15, 0.2) is 0 Å². The van der Waals surface area contributed by atoms with Gasteiger partial charge in [0.2, 0.25) is 0 Å². The molecular formula is C17H16FeS. The van der Waals surface area contributed by atoms with Gasteiger partial charge in [0.05, 0.1) is 0 Å². The first-order chi connectivity index (χ1) is 8.84. The number of hydrogen-bond acceptors (Lipinski definition) is 1. The average molecular weight is 308 g/mol. The summed E-state index contributed by atoms with van der Waals surface area (Å²) in [7, 11) is 0. The fraction of sp³-hybridized carbons (Fsp3) is 0.0588. The van der Waals surface area contributed by atoms with Crippen molar-refractivity contribution in [3.63, 3.8) is 0 Å². The minimum Gasteiger partial charge on any atom is -0.214 e. The van der Waals surface area contributed by atoms with Crippen LogP contribution in [-0.4, -0.2) is 0 Å². The number of hydrogen-bond donors (Lipinski definition) is 0. The van der Waals surface area contributed by atoms with Crippen LogP contribution in [0.4, 0.5) is 0 Å². The van der Waals surface area contributed by atoms with Crippen LogP contribution in [0, 0.1) is 6.92 Å². The second-order valence-corrected chi connectivity index (χ2v) is 5.14. The Morgan fingerprint density at radius 1 is 0.895 bits per heavy atom. The molecule has 3 rings (SSSR count). The molecule has 0 unspecified atom stereocenters. The van der Waals surface area contributed by atoms with Crippen molar-refractivity contribution in [1.82, 2.24) is 0 Å². The van der Waals surface area contributed by atoms with Gasteiger partial charge in [-0.05, 0) is 24.0 Å². The van der Waals surface area contributed by atoms with Crippen molar-refractivity contribution in [1.29, 1.82) is 0 Å². The maximum atomic E-state index is 2.16. The predicted octanol–water partition coefficient (Wildman–Crippen LogP) is 5.27. The van der Waals surface area contributed by atoms with Gasteiger partial charge in [0.25, 0.3) is 0 Å². The van der Waals surface area contributed by atoms with Gasteiger partial charge in [-0.15, -0.1) is 0 Å². The molecule has 0 amide bonds. The van der Waals surface area contributed by atoms with Gasteiger partial charge in [-0.1, -0.05) is 22.6 Å². The van der Waals surface area contributed by atoms with Crippen molar-refractivity contribution in [3.8, 4) is 0 Å². The zero-order chi connectivity index (χ0) is 12.6. The SMILES string of the molecule is Cc1ccc(S[c-]2cccc2)cc1.[Fe+2].c1cc[cH-]c1. The Balaban J connectivity index is 0.000000256. The van der Waals surface area contributed by atoms with Gasteiger partial charge in [0.1, 0.15) is 0 Å². The molecule has 0 bridgehead atoms.